The number of hydrogen-bond acceptors (Lipinski definition) is 3. The lowest BCUT2D eigenvalue weighted by Crippen LogP contribution is -2.39. The van der Waals surface area contributed by atoms with Gasteiger partial charge in [0.2, 0.25) is 0 Å². The fourth-order valence-corrected chi connectivity index (χ4v) is 3.28. The van der Waals surface area contributed by atoms with Crippen LogP contribution in [0.3, 0.4) is 0 Å². The molecule has 3 nitrogen and oxygen atoms in total. The number of rotatable bonds is 8. The van der Waals surface area contributed by atoms with Gasteiger partial charge in [-0.1, -0.05) is 36.4 Å². The summed E-state index contributed by atoms with van der Waals surface area (Å²) in [6.07, 6.45) is 0.0343. The third-order valence-corrected chi connectivity index (χ3v) is 4.05. The highest BCUT2D eigenvalue weighted by molar-refractivity contribution is 6.69. The topological polar surface area (TPSA) is 30.5 Å². The van der Waals surface area contributed by atoms with Gasteiger partial charge in [0.1, 0.15) is 12.4 Å². The summed E-state index contributed by atoms with van der Waals surface area (Å²) in [5.41, 5.74) is 1.10. The number of anilines is 1. The molecule has 0 saturated carbocycles. The molecule has 4 heteroatoms. The maximum Gasteiger partial charge on any atom is 0.184 e. The van der Waals surface area contributed by atoms with Crippen molar-refractivity contribution in [3.05, 3.63) is 60.7 Å². The van der Waals surface area contributed by atoms with Crippen molar-refractivity contribution in [2.24, 2.45) is 0 Å². The number of hydrogen-bond donors (Lipinski definition) is 1. The van der Waals surface area contributed by atoms with Crippen LogP contribution in [0.25, 0.3) is 0 Å². The molecule has 0 amide bonds. The minimum absolute atomic E-state index is 0.0343. The molecule has 0 aromatic heterocycles. The SMILES string of the molecule is C[Si](C)(C)OC(CNc1ccccc1)COc1ccccc1. The summed E-state index contributed by atoms with van der Waals surface area (Å²) in [5, 5.41) is 3.42. The number of nitrogens with one attached hydrogen (secondary N) is 1. The molecule has 0 radical (unpaired) electrons. The van der Waals surface area contributed by atoms with Crippen LogP contribution in [0.5, 0.6) is 5.75 Å². The minimum Gasteiger partial charge on any atom is -0.491 e. The molecule has 0 saturated heterocycles. The van der Waals surface area contributed by atoms with E-state index in [9.17, 15) is 0 Å². The summed E-state index contributed by atoms with van der Waals surface area (Å²) in [5.74, 6) is 0.881. The van der Waals surface area contributed by atoms with Crippen LogP contribution in [0.15, 0.2) is 60.7 Å². The third-order valence-electron chi connectivity index (χ3n) is 3.01. The molecule has 22 heavy (non-hydrogen) atoms. The Bertz CT molecular complexity index is 497. The third kappa shape index (κ3) is 6.33. The van der Waals surface area contributed by atoms with E-state index >= 15 is 0 Å². The van der Waals surface area contributed by atoms with Crippen LogP contribution >= 0.6 is 0 Å². The van der Waals surface area contributed by atoms with E-state index in [1.54, 1.807) is 0 Å². The molecule has 0 aliphatic rings. The van der Waals surface area contributed by atoms with Crippen molar-refractivity contribution in [3.8, 4) is 5.75 Å². The Balaban J connectivity index is 1.90. The Morgan fingerprint density at radius 2 is 1.50 bits per heavy atom. The van der Waals surface area contributed by atoms with Gasteiger partial charge in [-0.3, -0.25) is 0 Å². The first kappa shape index (κ1) is 16.6. The average Bonchev–Trinajstić information content (AvgIpc) is 2.51. The normalized spacial score (nSPS) is 12.7. The Hall–Kier alpha value is -1.78. The molecule has 0 aliphatic carbocycles. The molecule has 2 aromatic rings. The molecule has 0 aliphatic heterocycles. The van der Waals surface area contributed by atoms with Crippen LogP contribution < -0.4 is 10.1 Å². The number of para-hydroxylation sites is 2. The maximum atomic E-state index is 6.23. The van der Waals surface area contributed by atoms with Gasteiger partial charge in [0.15, 0.2) is 8.32 Å². The Morgan fingerprint density at radius 1 is 0.909 bits per heavy atom. The zero-order valence-electron chi connectivity index (χ0n) is 13.6. The van der Waals surface area contributed by atoms with Crippen LogP contribution in [0.2, 0.25) is 19.6 Å². The largest absolute Gasteiger partial charge is 0.491 e. The lowest BCUT2D eigenvalue weighted by molar-refractivity contribution is 0.132. The summed E-state index contributed by atoms with van der Waals surface area (Å²) in [6, 6.07) is 20.1. The number of ether oxygens (including phenoxy) is 1. The Kier molecular flexibility index (Phi) is 6.04. The predicted molar refractivity (Wildman–Crippen MR) is 95.1 cm³/mol. The van der Waals surface area contributed by atoms with Gasteiger partial charge < -0.3 is 14.5 Å². The molecule has 2 aromatic carbocycles. The van der Waals surface area contributed by atoms with Crippen molar-refractivity contribution in [1.82, 2.24) is 0 Å². The second-order valence-corrected chi connectivity index (χ2v) is 10.7. The second kappa shape index (κ2) is 8.01. The van der Waals surface area contributed by atoms with Crippen molar-refractivity contribution in [2.45, 2.75) is 25.7 Å². The standard InChI is InChI=1S/C18H25NO2Si/c1-22(2,3)21-18(14-19-16-10-6-4-7-11-16)15-20-17-12-8-5-9-13-17/h4-13,18-19H,14-15H2,1-3H3. The van der Waals surface area contributed by atoms with E-state index in [1.807, 2.05) is 48.5 Å². The van der Waals surface area contributed by atoms with E-state index in [0.29, 0.717) is 6.61 Å². The first-order valence-electron chi connectivity index (χ1n) is 7.67. The quantitative estimate of drug-likeness (QED) is 0.733. The molecule has 0 heterocycles. The summed E-state index contributed by atoms with van der Waals surface area (Å²) in [4.78, 5) is 0. The maximum absolute atomic E-state index is 6.23. The van der Waals surface area contributed by atoms with E-state index in [0.717, 1.165) is 18.0 Å². The van der Waals surface area contributed by atoms with Crippen molar-refractivity contribution < 1.29 is 9.16 Å². The minimum atomic E-state index is -1.62. The Morgan fingerprint density at radius 3 is 2.09 bits per heavy atom. The van der Waals surface area contributed by atoms with Gasteiger partial charge in [-0.15, -0.1) is 0 Å². The molecule has 2 rings (SSSR count). The van der Waals surface area contributed by atoms with Gasteiger partial charge >= 0.3 is 0 Å². The van der Waals surface area contributed by atoms with E-state index in [2.05, 4.69) is 37.1 Å². The highest BCUT2D eigenvalue weighted by atomic mass is 28.4. The van der Waals surface area contributed by atoms with Gasteiger partial charge in [-0.25, -0.2) is 0 Å². The summed E-state index contributed by atoms with van der Waals surface area (Å²) in [6.45, 7) is 7.89. The van der Waals surface area contributed by atoms with E-state index in [1.165, 1.54) is 0 Å². The van der Waals surface area contributed by atoms with Crippen LogP contribution in [-0.2, 0) is 4.43 Å². The van der Waals surface area contributed by atoms with Gasteiger partial charge in [0, 0.05) is 12.2 Å². The van der Waals surface area contributed by atoms with Crippen LogP contribution in [-0.4, -0.2) is 27.6 Å². The van der Waals surface area contributed by atoms with E-state index in [-0.39, 0.29) is 6.10 Å². The lowest BCUT2D eigenvalue weighted by atomic mass is 10.3. The van der Waals surface area contributed by atoms with Crippen molar-refractivity contribution in [3.63, 3.8) is 0 Å². The lowest BCUT2D eigenvalue weighted by Gasteiger charge is -2.27. The highest BCUT2D eigenvalue weighted by Crippen LogP contribution is 2.13. The van der Waals surface area contributed by atoms with Crippen LogP contribution in [0.4, 0.5) is 5.69 Å². The van der Waals surface area contributed by atoms with Crippen molar-refractivity contribution in [2.75, 3.05) is 18.5 Å². The fraction of sp³-hybridized carbons (Fsp3) is 0.333. The Labute approximate surface area is 134 Å². The van der Waals surface area contributed by atoms with Crippen LogP contribution in [0, 0.1) is 0 Å². The van der Waals surface area contributed by atoms with Gasteiger partial charge in [-0.2, -0.15) is 0 Å². The van der Waals surface area contributed by atoms with E-state index < -0.39 is 8.32 Å². The predicted octanol–water partition coefficient (Wildman–Crippen LogP) is 4.40. The summed E-state index contributed by atoms with van der Waals surface area (Å²) < 4.78 is 12.1. The summed E-state index contributed by atoms with van der Waals surface area (Å²) >= 11 is 0. The smallest absolute Gasteiger partial charge is 0.184 e. The van der Waals surface area contributed by atoms with Crippen molar-refractivity contribution >= 4 is 14.0 Å². The molecule has 0 bridgehead atoms. The van der Waals surface area contributed by atoms with Crippen LogP contribution in [0.1, 0.15) is 0 Å². The fourth-order valence-electron chi connectivity index (χ4n) is 2.13. The molecule has 0 spiro atoms. The molecular weight excluding hydrogens is 290 g/mol. The highest BCUT2D eigenvalue weighted by Gasteiger charge is 2.21. The second-order valence-electron chi connectivity index (χ2n) is 6.22. The average molecular weight is 315 g/mol. The van der Waals surface area contributed by atoms with Gasteiger partial charge in [0.05, 0.1) is 6.10 Å². The molecular formula is C18H25NO2Si. The monoisotopic (exact) mass is 315 g/mol. The molecule has 1 N–H and O–H groups in total. The molecule has 1 atom stereocenters. The molecule has 0 fully saturated rings. The zero-order chi connectivity index (χ0) is 15.8. The van der Waals surface area contributed by atoms with Crippen molar-refractivity contribution in [1.29, 1.82) is 0 Å². The summed E-state index contributed by atoms with van der Waals surface area (Å²) in [7, 11) is -1.62. The zero-order valence-corrected chi connectivity index (χ0v) is 14.6. The first-order valence-corrected chi connectivity index (χ1v) is 11.1. The molecule has 118 valence electrons. The first-order chi connectivity index (χ1) is 10.5. The molecule has 1 unspecified atom stereocenters. The van der Waals surface area contributed by atoms with Gasteiger partial charge in [0.25, 0.3) is 0 Å². The number of benzene rings is 2. The van der Waals surface area contributed by atoms with E-state index in [4.69, 9.17) is 9.16 Å². The van der Waals surface area contributed by atoms with Gasteiger partial charge in [-0.05, 0) is 43.9 Å².